The summed E-state index contributed by atoms with van der Waals surface area (Å²) in [6.45, 7) is 5.64. The summed E-state index contributed by atoms with van der Waals surface area (Å²) in [6, 6.07) is 15.3. The number of hydrogen-bond donors (Lipinski definition) is 0. The molecular weight excluding hydrogens is 316 g/mol. The van der Waals surface area contributed by atoms with Crippen molar-refractivity contribution in [2.75, 3.05) is 7.11 Å². The predicted molar refractivity (Wildman–Crippen MR) is 97.0 cm³/mol. The van der Waals surface area contributed by atoms with Crippen LogP contribution in [-0.2, 0) is 15.0 Å². The van der Waals surface area contributed by atoms with E-state index in [0.717, 1.165) is 23.0 Å². The van der Waals surface area contributed by atoms with Crippen LogP contribution in [0.5, 0.6) is 11.5 Å². The molecule has 0 heterocycles. The fourth-order valence-electron chi connectivity index (χ4n) is 2.45. The summed E-state index contributed by atoms with van der Waals surface area (Å²) in [7, 11) is 1.64. The highest BCUT2D eigenvalue weighted by atomic mass is 16.5. The highest BCUT2D eigenvalue weighted by Gasteiger charge is 2.23. The monoisotopic (exact) mass is 338 g/mol. The molecule has 0 atom stereocenters. The van der Waals surface area contributed by atoms with E-state index in [1.165, 1.54) is 13.0 Å². The molecule has 130 valence electrons. The second kappa shape index (κ2) is 7.79. The third-order valence-electron chi connectivity index (χ3n) is 4.06. The van der Waals surface area contributed by atoms with E-state index in [1.807, 2.05) is 36.4 Å². The molecule has 25 heavy (non-hydrogen) atoms. The first-order valence-electron chi connectivity index (χ1n) is 7.98. The smallest absolute Gasteiger partial charge is 0.336 e. The average molecular weight is 338 g/mol. The lowest BCUT2D eigenvalue weighted by atomic mass is 9.78. The van der Waals surface area contributed by atoms with Crippen molar-refractivity contribution in [1.29, 1.82) is 0 Å². The Labute approximate surface area is 148 Å². The first-order valence-corrected chi connectivity index (χ1v) is 7.98. The maximum absolute atomic E-state index is 11.6. The fourth-order valence-corrected chi connectivity index (χ4v) is 2.45. The Morgan fingerprint density at radius 2 is 1.32 bits per heavy atom. The molecule has 0 radical (unpaired) electrons. The van der Waals surface area contributed by atoms with E-state index >= 15 is 0 Å². The number of carbonyl (C=O) groups is 2. The van der Waals surface area contributed by atoms with Crippen LogP contribution in [0.2, 0.25) is 0 Å². The minimum atomic E-state index is -0.572. The molecule has 4 nitrogen and oxygen atoms in total. The van der Waals surface area contributed by atoms with Crippen LogP contribution < -0.4 is 9.47 Å². The lowest BCUT2D eigenvalue weighted by molar-refractivity contribution is -0.129. The second-order valence-corrected chi connectivity index (χ2v) is 6.24. The Balaban J connectivity index is 2.14. The van der Waals surface area contributed by atoms with Crippen molar-refractivity contribution < 1.29 is 19.1 Å². The molecule has 0 aromatic heterocycles. The Morgan fingerprint density at radius 3 is 1.76 bits per heavy atom. The number of ether oxygens (including phenoxy) is 2. The van der Waals surface area contributed by atoms with Crippen LogP contribution in [-0.4, -0.2) is 18.9 Å². The molecule has 0 bridgehead atoms. The van der Waals surface area contributed by atoms with Crippen LogP contribution in [0.15, 0.2) is 60.7 Å². The van der Waals surface area contributed by atoms with Gasteiger partial charge in [0.15, 0.2) is 5.78 Å². The maximum Gasteiger partial charge on any atom is 0.336 e. The summed E-state index contributed by atoms with van der Waals surface area (Å²) in [6.07, 6.45) is 2.31. The molecular formula is C21H22O4. The lowest BCUT2D eigenvalue weighted by Gasteiger charge is -2.26. The number of hydrogen-bond acceptors (Lipinski definition) is 4. The SMILES string of the molecule is COc1ccc(C(C)(C)c2ccc(OC(=O)/C=C\C(C)=O)cc2)cc1. The molecule has 0 saturated heterocycles. The molecule has 4 heteroatoms. The standard InChI is InChI=1S/C21H22O4/c1-15(22)5-14-20(23)25-19-12-8-17(9-13-19)21(2,3)16-6-10-18(24-4)11-7-16/h5-14H,1-4H3/b14-5-. The first kappa shape index (κ1) is 18.5. The number of ketones is 1. The summed E-state index contributed by atoms with van der Waals surface area (Å²) >= 11 is 0. The molecule has 0 saturated carbocycles. The Kier molecular flexibility index (Phi) is 5.75. The van der Waals surface area contributed by atoms with Gasteiger partial charge in [0, 0.05) is 11.5 Å². The van der Waals surface area contributed by atoms with Crippen molar-refractivity contribution in [2.24, 2.45) is 0 Å². The first-order chi connectivity index (χ1) is 11.8. The molecule has 0 aliphatic carbocycles. The molecule has 0 spiro atoms. The Morgan fingerprint density at radius 1 is 0.840 bits per heavy atom. The third-order valence-corrected chi connectivity index (χ3v) is 4.06. The predicted octanol–water partition coefficient (Wildman–Crippen LogP) is 4.07. The molecule has 0 aliphatic heterocycles. The molecule has 2 aromatic rings. The summed E-state index contributed by atoms with van der Waals surface area (Å²) in [5, 5.41) is 0. The van der Waals surface area contributed by atoms with Crippen LogP contribution in [0.3, 0.4) is 0 Å². The minimum Gasteiger partial charge on any atom is -0.497 e. The fraction of sp³-hybridized carbons (Fsp3) is 0.238. The number of methoxy groups -OCH3 is 1. The van der Waals surface area contributed by atoms with Gasteiger partial charge in [-0.3, -0.25) is 4.79 Å². The zero-order valence-corrected chi connectivity index (χ0v) is 14.9. The van der Waals surface area contributed by atoms with Gasteiger partial charge < -0.3 is 9.47 Å². The number of allylic oxidation sites excluding steroid dienone is 1. The third kappa shape index (κ3) is 4.80. The molecule has 2 aromatic carbocycles. The van der Waals surface area contributed by atoms with Gasteiger partial charge >= 0.3 is 5.97 Å². The molecule has 0 unspecified atom stereocenters. The molecule has 0 amide bonds. The van der Waals surface area contributed by atoms with Gasteiger partial charge in [0.1, 0.15) is 11.5 Å². The van der Waals surface area contributed by atoms with Crippen molar-refractivity contribution >= 4 is 11.8 Å². The molecule has 0 aliphatic rings. The van der Waals surface area contributed by atoms with Crippen LogP contribution in [0.1, 0.15) is 31.9 Å². The highest BCUT2D eigenvalue weighted by Crippen LogP contribution is 2.33. The largest absolute Gasteiger partial charge is 0.497 e. The van der Waals surface area contributed by atoms with Gasteiger partial charge in [-0.2, -0.15) is 0 Å². The number of rotatable bonds is 6. The summed E-state index contributed by atoms with van der Waals surface area (Å²) in [4.78, 5) is 22.4. The van der Waals surface area contributed by atoms with E-state index in [1.54, 1.807) is 19.2 Å². The average Bonchev–Trinajstić information content (AvgIpc) is 2.60. The maximum atomic E-state index is 11.6. The quantitative estimate of drug-likeness (QED) is 0.452. The van der Waals surface area contributed by atoms with Gasteiger partial charge in [0.25, 0.3) is 0 Å². The van der Waals surface area contributed by atoms with E-state index in [-0.39, 0.29) is 11.2 Å². The van der Waals surface area contributed by atoms with Crippen molar-refractivity contribution in [2.45, 2.75) is 26.2 Å². The van der Waals surface area contributed by atoms with Crippen molar-refractivity contribution in [3.63, 3.8) is 0 Å². The number of benzene rings is 2. The van der Waals surface area contributed by atoms with Crippen molar-refractivity contribution in [3.05, 3.63) is 71.8 Å². The van der Waals surface area contributed by atoms with Gasteiger partial charge in [0.05, 0.1) is 7.11 Å². The molecule has 2 rings (SSSR count). The van der Waals surface area contributed by atoms with Gasteiger partial charge in [-0.05, 0) is 48.4 Å². The highest BCUT2D eigenvalue weighted by molar-refractivity contribution is 5.95. The van der Waals surface area contributed by atoms with Crippen LogP contribution in [0.4, 0.5) is 0 Å². The zero-order chi connectivity index (χ0) is 18.4. The van der Waals surface area contributed by atoms with Gasteiger partial charge in [-0.1, -0.05) is 38.1 Å². The zero-order valence-electron chi connectivity index (χ0n) is 14.9. The lowest BCUT2D eigenvalue weighted by Crippen LogP contribution is -2.18. The van der Waals surface area contributed by atoms with Crippen LogP contribution in [0.25, 0.3) is 0 Å². The normalized spacial score (nSPS) is 11.4. The number of esters is 1. The number of carbonyl (C=O) groups excluding carboxylic acids is 2. The molecule has 0 N–H and O–H groups in total. The van der Waals surface area contributed by atoms with Crippen molar-refractivity contribution in [3.8, 4) is 11.5 Å². The van der Waals surface area contributed by atoms with E-state index in [9.17, 15) is 9.59 Å². The summed E-state index contributed by atoms with van der Waals surface area (Å²) in [5.41, 5.74) is 2.04. The van der Waals surface area contributed by atoms with E-state index in [4.69, 9.17) is 9.47 Å². The van der Waals surface area contributed by atoms with Gasteiger partial charge in [-0.15, -0.1) is 0 Å². The second-order valence-electron chi connectivity index (χ2n) is 6.24. The van der Waals surface area contributed by atoms with Gasteiger partial charge in [-0.25, -0.2) is 4.79 Å². The van der Waals surface area contributed by atoms with E-state index in [0.29, 0.717) is 5.75 Å². The van der Waals surface area contributed by atoms with Crippen molar-refractivity contribution in [1.82, 2.24) is 0 Å². The summed E-state index contributed by atoms with van der Waals surface area (Å²) < 4.78 is 10.4. The Hall–Kier alpha value is -2.88. The Bertz CT molecular complexity index is 769. The summed E-state index contributed by atoms with van der Waals surface area (Å²) in [5.74, 6) is 0.485. The van der Waals surface area contributed by atoms with Gasteiger partial charge in [0.2, 0.25) is 0 Å². The minimum absolute atomic E-state index is 0.200. The molecule has 0 fully saturated rings. The van der Waals surface area contributed by atoms with E-state index < -0.39 is 5.97 Å². The van der Waals surface area contributed by atoms with Crippen LogP contribution >= 0.6 is 0 Å². The van der Waals surface area contributed by atoms with E-state index in [2.05, 4.69) is 13.8 Å². The van der Waals surface area contributed by atoms with Crippen LogP contribution in [0, 0.1) is 0 Å². The topological polar surface area (TPSA) is 52.6 Å².